The molecular weight excluding hydrogens is 448 g/mol. The van der Waals surface area contributed by atoms with E-state index in [0.717, 1.165) is 51.9 Å². The van der Waals surface area contributed by atoms with Crippen molar-refractivity contribution in [2.24, 2.45) is 0 Å². The number of nitrogen functional groups attached to an aromatic ring is 1. The first-order chi connectivity index (χ1) is 17.7. The molecule has 0 radical (unpaired) electrons. The third-order valence-corrected chi connectivity index (χ3v) is 7.45. The molecule has 0 atom stereocenters. The molecule has 6 nitrogen and oxygen atoms in total. The Kier molecular flexibility index (Phi) is 5.72. The van der Waals surface area contributed by atoms with E-state index in [-0.39, 0.29) is 5.97 Å². The van der Waals surface area contributed by atoms with Crippen molar-refractivity contribution >= 4 is 33.6 Å². The fourth-order valence-electron chi connectivity index (χ4n) is 5.71. The van der Waals surface area contributed by atoms with E-state index < -0.39 is 0 Å². The number of carbonyl (C=O) groups excluding carboxylic acids is 1. The highest BCUT2D eigenvalue weighted by Gasteiger charge is 2.25. The standard InChI is InChI=1S/C30H30N4O2/c1-36-30(35)21-15-16-27-25(19-21)32-29(34(27)22-10-4-2-3-5-11-22)23-12-8-13-24(31)28(23)33-18-17-20-9-6-7-14-26(20)33/h6-9,12-19,22H,2-5,10-11,31H2,1H3. The lowest BCUT2D eigenvalue weighted by Gasteiger charge is -2.22. The monoisotopic (exact) mass is 478 g/mol. The van der Waals surface area contributed by atoms with Crippen LogP contribution in [0.4, 0.5) is 5.69 Å². The van der Waals surface area contributed by atoms with Gasteiger partial charge in [0.05, 0.1) is 40.6 Å². The van der Waals surface area contributed by atoms with Crippen LogP contribution < -0.4 is 5.73 Å². The van der Waals surface area contributed by atoms with E-state index in [9.17, 15) is 4.79 Å². The van der Waals surface area contributed by atoms with Gasteiger partial charge >= 0.3 is 5.97 Å². The number of methoxy groups -OCH3 is 1. The summed E-state index contributed by atoms with van der Waals surface area (Å²) < 4.78 is 9.53. The van der Waals surface area contributed by atoms with Crippen LogP contribution in [0.2, 0.25) is 0 Å². The molecule has 6 heteroatoms. The maximum absolute atomic E-state index is 12.3. The van der Waals surface area contributed by atoms with E-state index in [4.69, 9.17) is 15.5 Å². The number of fused-ring (bicyclic) bond motifs is 2. The second-order valence-electron chi connectivity index (χ2n) is 9.63. The van der Waals surface area contributed by atoms with Crippen LogP contribution in [0.3, 0.4) is 0 Å². The summed E-state index contributed by atoms with van der Waals surface area (Å²) in [6.45, 7) is 0. The molecule has 0 saturated heterocycles. The van der Waals surface area contributed by atoms with E-state index in [2.05, 4.69) is 39.6 Å². The highest BCUT2D eigenvalue weighted by molar-refractivity contribution is 5.95. The van der Waals surface area contributed by atoms with Gasteiger partial charge in [0.25, 0.3) is 0 Å². The Hall–Kier alpha value is -4.06. The molecule has 182 valence electrons. The molecule has 36 heavy (non-hydrogen) atoms. The fourth-order valence-corrected chi connectivity index (χ4v) is 5.71. The highest BCUT2D eigenvalue weighted by atomic mass is 16.5. The summed E-state index contributed by atoms with van der Waals surface area (Å²) in [5.74, 6) is 0.532. The molecule has 2 heterocycles. The minimum absolute atomic E-state index is 0.340. The van der Waals surface area contributed by atoms with E-state index in [0.29, 0.717) is 17.3 Å². The van der Waals surface area contributed by atoms with Gasteiger partial charge in [0.15, 0.2) is 0 Å². The van der Waals surface area contributed by atoms with Crippen molar-refractivity contribution in [2.75, 3.05) is 12.8 Å². The van der Waals surface area contributed by atoms with Gasteiger partial charge in [0.2, 0.25) is 0 Å². The number of benzene rings is 3. The van der Waals surface area contributed by atoms with Crippen LogP contribution in [-0.2, 0) is 4.74 Å². The summed E-state index contributed by atoms with van der Waals surface area (Å²) in [7, 11) is 1.41. The average Bonchev–Trinajstić information content (AvgIpc) is 3.39. The van der Waals surface area contributed by atoms with Crippen molar-refractivity contribution in [3.05, 3.63) is 78.5 Å². The molecule has 0 unspecified atom stereocenters. The van der Waals surface area contributed by atoms with Gasteiger partial charge in [0, 0.05) is 17.8 Å². The summed E-state index contributed by atoms with van der Waals surface area (Å²) in [6, 6.07) is 22.5. The zero-order chi connectivity index (χ0) is 24.6. The first-order valence-electron chi connectivity index (χ1n) is 12.7. The number of hydrogen-bond acceptors (Lipinski definition) is 4. The molecule has 0 spiro atoms. The molecule has 5 aromatic rings. The number of esters is 1. The second-order valence-corrected chi connectivity index (χ2v) is 9.63. The van der Waals surface area contributed by atoms with Gasteiger partial charge < -0.3 is 19.6 Å². The summed E-state index contributed by atoms with van der Waals surface area (Å²) in [6.07, 6.45) is 9.25. The highest BCUT2D eigenvalue weighted by Crippen LogP contribution is 2.39. The summed E-state index contributed by atoms with van der Waals surface area (Å²) in [5.41, 5.74) is 12.7. The summed E-state index contributed by atoms with van der Waals surface area (Å²) in [5, 5.41) is 1.16. The van der Waals surface area contributed by atoms with E-state index in [1.54, 1.807) is 0 Å². The Bertz CT molecular complexity index is 1570. The molecule has 2 aromatic heterocycles. The first kappa shape index (κ1) is 22.4. The van der Waals surface area contributed by atoms with Crippen LogP contribution in [0, 0.1) is 0 Å². The molecule has 1 aliphatic carbocycles. The van der Waals surface area contributed by atoms with Gasteiger partial charge in [-0.3, -0.25) is 0 Å². The predicted molar refractivity (Wildman–Crippen MR) is 144 cm³/mol. The summed E-state index contributed by atoms with van der Waals surface area (Å²) in [4.78, 5) is 17.4. The number of nitrogens with two attached hydrogens (primary N) is 1. The minimum atomic E-state index is -0.356. The van der Waals surface area contributed by atoms with Crippen molar-refractivity contribution in [1.82, 2.24) is 14.1 Å². The molecule has 6 rings (SSSR count). The van der Waals surface area contributed by atoms with Gasteiger partial charge in [-0.05, 0) is 60.7 Å². The Morgan fingerprint density at radius 1 is 0.944 bits per heavy atom. The van der Waals surface area contributed by atoms with Gasteiger partial charge in [-0.2, -0.15) is 0 Å². The maximum Gasteiger partial charge on any atom is 0.337 e. The second kappa shape index (κ2) is 9.19. The van der Waals surface area contributed by atoms with Gasteiger partial charge in [-0.15, -0.1) is 0 Å². The van der Waals surface area contributed by atoms with Crippen molar-refractivity contribution in [3.8, 4) is 17.1 Å². The summed E-state index contributed by atoms with van der Waals surface area (Å²) >= 11 is 0. The van der Waals surface area contributed by atoms with E-state index >= 15 is 0 Å². The number of anilines is 1. The zero-order valence-corrected chi connectivity index (χ0v) is 20.5. The van der Waals surface area contributed by atoms with Crippen LogP contribution in [0.5, 0.6) is 0 Å². The lowest BCUT2D eigenvalue weighted by Crippen LogP contribution is -2.11. The number of ether oxygens (including phenoxy) is 1. The van der Waals surface area contributed by atoms with Gasteiger partial charge in [0.1, 0.15) is 5.82 Å². The number of carbonyl (C=O) groups is 1. The Morgan fingerprint density at radius 2 is 1.75 bits per heavy atom. The Morgan fingerprint density at radius 3 is 2.56 bits per heavy atom. The van der Waals surface area contributed by atoms with Crippen LogP contribution in [-0.4, -0.2) is 27.2 Å². The molecule has 0 amide bonds. The lowest BCUT2D eigenvalue weighted by atomic mass is 10.1. The topological polar surface area (TPSA) is 75.1 Å². The van der Waals surface area contributed by atoms with Crippen LogP contribution in [0.25, 0.3) is 39.0 Å². The molecule has 1 saturated carbocycles. The number of aromatic nitrogens is 3. The van der Waals surface area contributed by atoms with Crippen LogP contribution >= 0.6 is 0 Å². The zero-order valence-electron chi connectivity index (χ0n) is 20.5. The third kappa shape index (κ3) is 3.73. The van der Waals surface area contributed by atoms with Crippen molar-refractivity contribution < 1.29 is 9.53 Å². The SMILES string of the molecule is COC(=O)c1ccc2c(c1)nc(-c1cccc(N)c1-n1ccc3ccccc31)n2C1CCCCCC1. The Balaban J connectivity index is 1.62. The van der Waals surface area contributed by atoms with Crippen LogP contribution in [0.1, 0.15) is 54.9 Å². The largest absolute Gasteiger partial charge is 0.465 e. The van der Waals surface area contributed by atoms with E-state index in [1.807, 2.05) is 42.5 Å². The number of nitrogens with zero attached hydrogens (tertiary/aromatic N) is 3. The first-order valence-corrected chi connectivity index (χ1v) is 12.7. The molecular formula is C30H30N4O2. The van der Waals surface area contributed by atoms with Crippen LogP contribution in [0.15, 0.2) is 72.9 Å². The molecule has 0 aliphatic heterocycles. The smallest absolute Gasteiger partial charge is 0.337 e. The fraction of sp³-hybridized carbons (Fsp3) is 0.267. The van der Waals surface area contributed by atoms with Crippen molar-refractivity contribution in [3.63, 3.8) is 0 Å². The quantitative estimate of drug-likeness (QED) is 0.173. The molecule has 2 N–H and O–H groups in total. The molecule has 1 fully saturated rings. The molecule has 1 aliphatic rings. The minimum Gasteiger partial charge on any atom is -0.465 e. The predicted octanol–water partition coefficient (Wildman–Crippen LogP) is 6.91. The molecule has 3 aromatic carbocycles. The lowest BCUT2D eigenvalue weighted by molar-refractivity contribution is 0.0601. The van der Waals surface area contributed by atoms with Crippen molar-refractivity contribution in [1.29, 1.82) is 0 Å². The van der Waals surface area contributed by atoms with Crippen molar-refractivity contribution in [2.45, 2.75) is 44.6 Å². The van der Waals surface area contributed by atoms with Gasteiger partial charge in [-0.1, -0.05) is 49.9 Å². The third-order valence-electron chi connectivity index (χ3n) is 7.45. The normalized spacial score (nSPS) is 14.8. The maximum atomic E-state index is 12.3. The van der Waals surface area contributed by atoms with Gasteiger partial charge in [-0.25, -0.2) is 9.78 Å². The Labute approximate surface area is 210 Å². The number of rotatable bonds is 4. The number of para-hydroxylation sites is 2. The molecule has 0 bridgehead atoms. The van der Waals surface area contributed by atoms with E-state index in [1.165, 1.54) is 32.8 Å². The number of imidazole rings is 1. The average molecular weight is 479 g/mol. The number of hydrogen-bond donors (Lipinski definition) is 1.